The summed E-state index contributed by atoms with van der Waals surface area (Å²) in [4.78, 5) is 0. The van der Waals surface area contributed by atoms with Crippen molar-refractivity contribution in [1.29, 1.82) is 0 Å². The molecule has 0 saturated carbocycles. The van der Waals surface area contributed by atoms with E-state index in [1.807, 2.05) is 14.1 Å². The largest absolute Gasteiger partial charge is 0.389 e. The number of nitrogens with one attached hydrogen (secondary N) is 1. The van der Waals surface area contributed by atoms with Crippen molar-refractivity contribution in [2.45, 2.75) is 100 Å². The van der Waals surface area contributed by atoms with Crippen LogP contribution in [0.3, 0.4) is 0 Å². The number of alkyl halides is 8. The first-order valence-corrected chi connectivity index (χ1v) is 11.5. The van der Waals surface area contributed by atoms with Crippen molar-refractivity contribution in [2.75, 3.05) is 14.1 Å². The van der Waals surface area contributed by atoms with Gasteiger partial charge in [-0.2, -0.15) is 26.3 Å². The smallest absolute Gasteiger partial charge is 0.323 e. The van der Waals surface area contributed by atoms with Gasteiger partial charge < -0.3 is 5.32 Å². The van der Waals surface area contributed by atoms with Crippen LogP contribution in [0.25, 0.3) is 0 Å². The molecule has 0 aromatic rings. The van der Waals surface area contributed by atoms with Crippen molar-refractivity contribution in [1.82, 2.24) is 5.32 Å². The summed E-state index contributed by atoms with van der Waals surface area (Å²) in [5.41, 5.74) is -4.86. The molecule has 0 bridgehead atoms. The highest BCUT2D eigenvalue weighted by atomic mass is 32.2. The molecular formula is C18H33F8NO2S. The van der Waals surface area contributed by atoms with Crippen LogP contribution in [0.5, 0.6) is 0 Å². The highest BCUT2D eigenvalue weighted by molar-refractivity contribution is 7.92. The van der Waals surface area contributed by atoms with Gasteiger partial charge in [-0.3, -0.25) is 0 Å². The highest BCUT2D eigenvalue weighted by Crippen LogP contribution is 2.26. The zero-order chi connectivity index (χ0) is 23.8. The minimum atomic E-state index is -4.66. The van der Waals surface area contributed by atoms with Gasteiger partial charge in [-0.05, 0) is 52.6 Å². The Balaban J connectivity index is 0. The first-order valence-electron chi connectivity index (χ1n) is 9.90. The second-order valence-corrected chi connectivity index (χ2v) is 9.25. The van der Waals surface area contributed by atoms with E-state index in [1.165, 1.54) is 0 Å². The van der Waals surface area contributed by atoms with Crippen LogP contribution in [0.15, 0.2) is 0 Å². The van der Waals surface area contributed by atoms with E-state index in [2.05, 4.69) is 5.32 Å². The van der Waals surface area contributed by atoms with Gasteiger partial charge in [0.2, 0.25) is 20.8 Å². The van der Waals surface area contributed by atoms with E-state index < -0.39 is 58.9 Å². The first-order chi connectivity index (χ1) is 13.7. The second-order valence-electron chi connectivity index (χ2n) is 7.05. The fraction of sp³-hybridized carbons (Fsp3) is 1.00. The van der Waals surface area contributed by atoms with Crippen molar-refractivity contribution in [2.24, 2.45) is 0 Å². The molecule has 0 radical (unpaired) electrons. The van der Waals surface area contributed by atoms with Crippen LogP contribution in [-0.2, 0) is 9.84 Å². The highest BCUT2D eigenvalue weighted by Gasteiger charge is 2.33. The molecule has 3 nitrogen and oxygen atoms in total. The molecule has 0 aliphatic heterocycles. The number of hydrogen-bond donors (Lipinski definition) is 1. The lowest BCUT2D eigenvalue weighted by molar-refractivity contribution is -0.136. The minimum absolute atomic E-state index is 0.0302. The molecule has 0 fully saturated rings. The first kappa shape index (κ1) is 31.5. The number of hydrogen-bond acceptors (Lipinski definition) is 3. The normalized spacial score (nSPS) is 14.7. The molecule has 0 amide bonds. The van der Waals surface area contributed by atoms with E-state index in [4.69, 9.17) is 0 Å². The molecule has 184 valence electrons. The molecule has 0 aliphatic carbocycles. The number of halogens is 8. The van der Waals surface area contributed by atoms with Gasteiger partial charge in [0.1, 0.15) is 0 Å². The Kier molecular flexibility index (Phi) is 16.9. The van der Waals surface area contributed by atoms with Crippen LogP contribution < -0.4 is 5.32 Å². The molecule has 0 aliphatic rings. The van der Waals surface area contributed by atoms with Crippen LogP contribution in [0.2, 0.25) is 0 Å². The maximum atomic E-state index is 13.8. The Morgan fingerprint density at radius 2 is 0.900 bits per heavy atom. The molecule has 2 unspecified atom stereocenters. The number of rotatable bonds is 14. The van der Waals surface area contributed by atoms with Gasteiger partial charge in [0.25, 0.3) is 0 Å². The summed E-state index contributed by atoms with van der Waals surface area (Å²) in [5, 5.41) is 2.75. The zero-order valence-electron chi connectivity index (χ0n) is 17.4. The van der Waals surface area contributed by atoms with E-state index in [0.29, 0.717) is 0 Å². The third kappa shape index (κ3) is 19.3. The third-order valence-electron chi connectivity index (χ3n) is 4.00. The summed E-state index contributed by atoms with van der Waals surface area (Å²) in [6.07, 6.45) is -10.9. The van der Waals surface area contributed by atoms with Gasteiger partial charge in [0.15, 0.2) is 0 Å². The van der Waals surface area contributed by atoms with E-state index in [9.17, 15) is 43.5 Å². The molecule has 1 N–H and O–H groups in total. The molecule has 0 aromatic carbocycles. The maximum Gasteiger partial charge on any atom is 0.389 e. The Labute approximate surface area is 173 Å². The fourth-order valence-electron chi connectivity index (χ4n) is 2.46. The van der Waals surface area contributed by atoms with Crippen LogP contribution in [0.1, 0.15) is 77.0 Å². The molecule has 12 heteroatoms. The lowest BCUT2D eigenvalue weighted by atomic mass is 10.1. The summed E-state index contributed by atoms with van der Waals surface area (Å²) in [5.74, 6) is 0. The number of sulfone groups is 1. The maximum absolute atomic E-state index is 13.8. The fourth-order valence-corrected chi connectivity index (χ4v) is 3.77. The van der Waals surface area contributed by atoms with Crippen molar-refractivity contribution in [3.8, 4) is 0 Å². The van der Waals surface area contributed by atoms with Gasteiger partial charge in [-0.25, -0.2) is 17.2 Å². The Bertz CT molecular complexity index is 471. The van der Waals surface area contributed by atoms with Gasteiger partial charge in [0.05, 0.1) is 0 Å². The molecule has 0 saturated heterocycles. The summed E-state index contributed by atoms with van der Waals surface area (Å²) in [7, 11) is -0.914. The van der Waals surface area contributed by atoms with Gasteiger partial charge in [-0.15, -0.1) is 0 Å². The standard InChI is InChI=1S/C16H26F8O2S.C2H7N/c17-13(9-5-1-3-7-11-15(19,20)21)27(25,26)14(18)10-6-2-4-8-12-16(22,23)24;1-3-2/h13-14H,1-12H2;3H,1-2H3. The molecular weight excluding hydrogens is 446 g/mol. The summed E-state index contributed by atoms with van der Waals surface area (Å²) in [6.45, 7) is 0. The van der Waals surface area contributed by atoms with E-state index >= 15 is 0 Å². The van der Waals surface area contributed by atoms with E-state index in [1.54, 1.807) is 0 Å². The van der Waals surface area contributed by atoms with Crippen LogP contribution >= 0.6 is 0 Å². The van der Waals surface area contributed by atoms with Crippen LogP contribution in [-0.4, -0.2) is 45.9 Å². The van der Waals surface area contributed by atoms with Crippen molar-refractivity contribution in [3.05, 3.63) is 0 Å². The summed E-state index contributed by atoms with van der Waals surface area (Å²) < 4.78 is 122. The Morgan fingerprint density at radius 3 is 1.17 bits per heavy atom. The summed E-state index contributed by atoms with van der Waals surface area (Å²) >= 11 is 0. The predicted molar refractivity (Wildman–Crippen MR) is 101 cm³/mol. The lowest BCUT2D eigenvalue weighted by Crippen LogP contribution is -2.26. The molecule has 0 rings (SSSR count). The molecule has 0 spiro atoms. The molecule has 0 heterocycles. The van der Waals surface area contributed by atoms with Gasteiger partial charge >= 0.3 is 12.4 Å². The molecule has 30 heavy (non-hydrogen) atoms. The minimum Gasteiger partial charge on any atom is -0.323 e. The monoisotopic (exact) mass is 479 g/mol. The van der Waals surface area contributed by atoms with Gasteiger partial charge in [0, 0.05) is 12.8 Å². The van der Waals surface area contributed by atoms with Crippen molar-refractivity contribution in [3.63, 3.8) is 0 Å². The average Bonchev–Trinajstić information content (AvgIpc) is 2.59. The predicted octanol–water partition coefficient (Wildman–Crippen LogP) is 6.63. The lowest BCUT2D eigenvalue weighted by Gasteiger charge is -2.14. The van der Waals surface area contributed by atoms with Crippen LogP contribution in [0.4, 0.5) is 35.1 Å². The Morgan fingerprint density at radius 1 is 0.633 bits per heavy atom. The van der Waals surface area contributed by atoms with Gasteiger partial charge in [-0.1, -0.05) is 25.7 Å². The van der Waals surface area contributed by atoms with E-state index in [-0.39, 0.29) is 51.4 Å². The van der Waals surface area contributed by atoms with Crippen LogP contribution in [0, 0.1) is 0 Å². The number of unbranched alkanes of at least 4 members (excludes halogenated alkanes) is 6. The average molecular weight is 480 g/mol. The SMILES string of the molecule is CNC.O=S(=O)(C(F)CCCCCCC(F)(F)F)C(F)CCCCCCC(F)(F)F. The van der Waals surface area contributed by atoms with Crippen molar-refractivity contribution >= 4 is 9.84 Å². The third-order valence-corrected chi connectivity index (χ3v) is 5.89. The summed E-state index contributed by atoms with van der Waals surface area (Å²) in [6, 6.07) is 0. The van der Waals surface area contributed by atoms with Crippen molar-refractivity contribution < 1.29 is 43.5 Å². The topological polar surface area (TPSA) is 46.2 Å². The quantitative estimate of drug-likeness (QED) is 0.225. The Hall–Kier alpha value is -0.650. The molecule has 0 aromatic heterocycles. The second kappa shape index (κ2) is 16.0. The van der Waals surface area contributed by atoms with E-state index in [0.717, 1.165) is 0 Å². The molecule has 2 atom stereocenters. The zero-order valence-corrected chi connectivity index (χ0v) is 18.2.